The highest BCUT2D eigenvalue weighted by Crippen LogP contribution is 2.02. The number of sulfonamides is 2. The van der Waals surface area contributed by atoms with Crippen LogP contribution in [-0.2, 0) is 26.6 Å². The topological polar surface area (TPSA) is 92.3 Å². The van der Waals surface area contributed by atoms with Crippen LogP contribution in [0.25, 0.3) is 0 Å². The molecule has 0 unspecified atom stereocenters. The molecule has 0 aliphatic carbocycles. The highest BCUT2D eigenvalue weighted by molar-refractivity contribution is 7.90. The Balaban J connectivity index is 2.42. The van der Waals surface area contributed by atoms with Crippen LogP contribution < -0.4 is 9.44 Å². The molecular weight excluding hydrogens is 319 g/mol. The van der Waals surface area contributed by atoms with Crippen molar-refractivity contribution in [3.63, 3.8) is 0 Å². The lowest BCUT2D eigenvalue weighted by Crippen LogP contribution is -2.35. The molecule has 0 spiro atoms. The van der Waals surface area contributed by atoms with E-state index in [-0.39, 0.29) is 24.6 Å². The van der Waals surface area contributed by atoms with Crippen LogP contribution in [0.15, 0.2) is 24.3 Å². The van der Waals surface area contributed by atoms with Gasteiger partial charge in [0, 0.05) is 13.1 Å². The molecule has 2 N–H and O–H groups in total. The fraction of sp³-hybridized carbons (Fsp3) is 0.500. The SMILES string of the molecule is CCCS(=O)(=O)NCCS(=O)(=O)NCc1ccc(F)cc1. The third kappa shape index (κ3) is 7.51. The predicted molar refractivity (Wildman–Crippen MR) is 79.1 cm³/mol. The lowest BCUT2D eigenvalue weighted by atomic mass is 10.2. The van der Waals surface area contributed by atoms with Gasteiger partial charge in [0.2, 0.25) is 20.0 Å². The summed E-state index contributed by atoms with van der Waals surface area (Å²) in [6.45, 7) is 1.58. The summed E-state index contributed by atoms with van der Waals surface area (Å²) in [4.78, 5) is 0. The summed E-state index contributed by atoms with van der Waals surface area (Å²) in [6.07, 6.45) is 0.463. The van der Waals surface area contributed by atoms with Gasteiger partial charge in [-0.2, -0.15) is 0 Å². The molecule has 0 aromatic heterocycles. The average Bonchev–Trinajstić information content (AvgIpc) is 2.37. The first-order valence-electron chi connectivity index (χ1n) is 6.43. The zero-order valence-corrected chi connectivity index (χ0v) is 13.3. The molecule has 0 saturated heterocycles. The summed E-state index contributed by atoms with van der Waals surface area (Å²) < 4.78 is 63.4. The number of benzene rings is 1. The van der Waals surface area contributed by atoms with Crippen molar-refractivity contribution in [3.05, 3.63) is 35.6 Å². The second-order valence-corrected chi connectivity index (χ2v) is 8.33. The standard InChI is InChI=1S/C12H19FN2O4S2/c1-2-8-20(16,17)14-7-9-21(18,19)15-10-11-3-5-12(13)6-4-11/h3-6,14-15H,2,7-10H2,1H3. The molecule has 0 fully saturated rings. The van der Waals surface area contributed by atoms with Crippen LogP contribution in [0.3, 0.4) is 0 Å². The van der Waals surface area contributed by atoms with Gasteiger partial charge >= 0.3 is 0 Å². The largest absolute Gasteiger partial charge is 0.214 e. The van der Waals surface area contributed by atoms with E-state index in [1.54, 1.807) is 6.92 Å². The molecule has 0 saturated carbocycles. The van der Waals surface area contributed by atoms with E-state index in [1.165, 1.54) is 24.3 Å². The second kappa shape index (κ2) is 7.83. The van der Waals surface area contributed by atoms with Crippen LogP contribution in [0.1, 0.15) is 18.9 Å². The van der Waals surface area contributed by atoms with Crippen LogP contribution in [0.5, 0.6) is 0 Å². The number of hydrogen-bond acceptors (Lipinski definition) is 4. The minimum Gasteiger partial charge on any atom is -0.214 e. The minimum atomic E-state index is -3.60. The number of hydrogen-bond donors (Lipinski definition) is 2. The molecule has 0 amide bonds. The maximum Gasteiger partial charge on any atom is 0.213 e. The van der Waals surface area contributed by atoms with Crippen LogP contribution in [0.4, 0.5) is 4.39 Å². The maximum absolute atomic E-state index is 12.7. The van der Waals surface area contributed by atoms with Crippen molar-refractivity contribution in [1.29, 1.82) is 0 Å². The van der Waals surface area contributed by atoms with Crippen molar-refractivity contribution in [1.82, 2.24) is 9.44 Å². The number of nitrogens with one attached hydrogen (secondary N) is 2. The van der Waals surface area contributed by atoms with Crippen LogP contribution in [0, 0.1) is 5.82 Å². The maximum atomic E-state index is 12.7. The van der Waals surface area contributed by atoms with Gasteiger partial charge in [0.25, 0.3) is 0 Å². The van der Waals surface area contributed by atoms with Crippen molar-refractivity contribution < 1.29 is 21.2 Å². The van der Waals surface area contributed by atoms with Crippen LogP contribution in [0.2, 0.25) is 0 Å². The Bertz CT molecular complexity index is 642. The number of rotatable bonds is 9. The summed E-state index contributed by atoms with van der Waals surface area (Å²) in [5.74, 6) is -0.778. The van der Waals surface area contributed by atoms with Crippen molar-refractivity contribution in [2.45, 2.75) is 19.9 Å². The molecule has 0 aliphatic heterocycles. The van der Waals surface area contributed by atoms with Gasteiger partial charge in [-0.25, -0.2) is 30.7 Å². The van der Waals surface area contributed by atoms with E-state index in [9.17, 15) is 21.2 Å². The summed E-state index contributed by atoms with van der Waals surface area (Å²) in [7, 11) is -7.01. The highest BCUT2D eigenvalue weighted by atomic mass is 32.2. The van der Waals surface area contributed by atoms with Gasteiger partial charge in [-0.15, -0.1) is 0 Å². The Morgan fingerprint density at radius 1 is 0.952 bits per heavy atom. The quantitative estimate of drug-likeness (QED) is 0.689. The first kappa shape index (κ1) is 18.0. The Morgan fingerprint density at radius 3 is 2.10 bits per heavy atom. The van der Waals surface area contributed by atoms with Gasteiger partial charge in [0.15, 0.2) is 0 Å². The molecule has 120 valence electrons. The zero-order chi connectivity index (χ0) is 15.9. The Hall–Kier alpha value is -1.03. The van der Waals surface area contributed by atoms with E-state index in [2.05, 4.69) is 9.44 Å². The normalized spacial score (nSPS) is 12.5. The first-order chi connectivity index (χ1) is 9.74. The van der Waals surface area contributed by atoms with Gasteiger partial charge in [-0.05, 0) is 24.1 Å². The molecule has 21 heavy (non-hydrogen) atoms. The van der Waals surface area contributed by atoms with Crippen LogP contribution in [-0.4, -0.2) is 34.9 Å². The molecule has 0 aliphatic rings. The molecule has 0 radical (unpaired) electrons. The summed E-state index contributed by atoms with van der Waals surface area (Å²) >= 11 is 0. The molecule has 1 aromatic rings. The molecule has 1 rings (SSSR count). The highest BCUT2D eigenvalue weighted by Gasteiger charge is 2.13. The van der Waals surface area contributed by atoms with E-state index >= 15 is 0 Å². The molecule has 1 aromatic carbocycles. The van der Waals surface area contributed by atoms with Crippen molar-refractivity contribution in [2.24, 2.45) is 0 Å². The van der Waals surface area contributed by atoms with E-state index in [0.29, 0.717) is 12.0 Å². The summed E-state index contributed by atoms with van der Waals surface area (Å²) in [6, 6.07) is 5.43. The monoisotopic (exact) mass is 338 g/mol. The molecule has 0 heterocycles. The van der Waals surface area contributed by atoms with Gasteiger partial charge in [-0.1, -0.05) is 19.1 Å². The van der Waals surface area contributed by atoms with Gasteiger partial charge in [0.1, 0.15) is 5.82 Å². The van der Waals surface area contributed by atoms with Crippen molar-refractivity contribution in [2.75, 3.05) is 18.1 Å². The predicted octanol–water partition coefficient (Wildman–Crippen LogP) is 0.575. The van der Waals surface area contributed by atoms with Gasteiger partial charge < -0.3 is 0 Å². The smallest absolute Gasteiger partial charge is 0.213 e. The van der Waals surface area contributed by atoms with Gasteiger partial charge in [-0.3, -0.25) is 0 Å². The van der Waals surface area contributed by atoms with E-state index < -0.39 is 25.9 Å². The third-order valence-electron chi connectivity index (χ3n) is 2.58. The molecule has 9 heteroatoms. The van der Waals surface area contributed by atoms with Crippen LogP contribution >= 0.6 is 0 Å². The van der Waals surface area contributed by atoms with Crippen molar-refractivity contribution in [3.8, 4) is 0 Å². The van der Waals surface area contributed by atoms with Crippen molar-refractivity contribution >= 4 is 20.0 Å². The lowest BCUT2D eigenvalue weighted by molar-refractivity contribution is 0.574. The van der Waals surface area contributed by atoms with E-state index in [1.807, 2.05) is 0 Å². The summed E-state index contributed by atoms with van der Waals surface area (Å²) in [5.41, 5.74) is 0.617. The summed E-state index contributed by atoms with van der Waals surface area (Å²) in [5, 5.41) is 0. The van der Waals surface area contributed by atoms with Gasteiger partial charge in [0.05, 0.1) is 11.5 Å². The Morgan fingerprint density at radius 2 is 1.52 bits per heavy atom. The minimum absolute atomic E-state index is 0.0317. The fourth-order valence-electron chi connectivity index (χ4n) is 1.54. The molecule has 0 bridgehead atoms. The fourth-order valence-corrected chi connectivity index (χ4v) is 3.67. The molecule has 6 nitrogen and oxygen atoms in total. The first-order valence-corrected chi connectivity index (χ1v) is 9.73. The number of halogens is 1. The zero-order valence-electron chi connectivity index (χ0n) is 11.7. The molecular formula is C12H19FN2O4S2. The molecule has 0 atom stereocenters. The van der Waals surface area contributed by atoms with E-state index in [0.717, 1.165) is 0 Å². The second-order valence-electron chi connectivity index (χ2n) is 4.48. The lowest BCUT2D eigenvalue weighted by Gasteiger charge is -2.08. The average molecular weight is 338 g/mol. The third-order valence-corrected chi connectivity index (χ3v) is 5.49. The Kier molecular flexibility index (Phi) is 6.72. The van der Waals surface area contributed by atoms with E-state index in [4.69, 9.17) is 0 Å². The Labute approximate surface area is 124 Å².